The molecule has 1 N–H and O–H groups in total. The van der Waals surface area contributed by atoms with Crippen LogP contribution in [0.25, 0.3) is 0 Å². The summed E-state index contributed by atoms with van der Waals surface area (Å²) in [5.74, 6) is 2.13. The van der Waals surface area contributed by atoms with E-state index >= 15 is 0 Å². The summed E-state index contributed by atoms with van der Waals surface area (Å²) < 4.78 is 6.07. The molecule has 0 spiro atoms. The van der Waals surface area contributed by atoms with Gasteiger partial charge in [-0.25, -0.2) is 0 Å². The lowest BCUT2D eigenvalue weighted by atomic mass is 9.82. The Morgan fingerprint density at radius 2 is 1.95 bits per heavy atom. The molecule has 3 nitrogen and oxygen atoms in total. The fourth-order valence-corrected chi connectivity index (χ4v) is 4.72. The van der Waals surface area contributed by atoms with E-state index in [-0.39, 0.29) is 0 Å². The van der Waals surface area contributed by atoms with Crippen molar-refractivity contribution in [2.45, 2.75) is 69.6 Å². The second-order valence-electron chi connectivity index (χ2n) is 7.62. The van der Waals surface area contributed by atoms with E-state index in [9.17, 15) is 0 Å². The van der Waals surface area contributed by atoms with Crippen molar-refractivity contribution in [2.24, 2.45) is 11.8 Å². The third-order valence-corrected chi connectivity index (χ3v) is 6.10. The van der Waals surface area contributed by atoms with Crippen LogP contribution in [-0.2, 0) is 4.74 Å². The standard InChI is InChI=1S/C17H30N2O/c1-3-14(13-6-7-13)9-15(4-1)18-10-17-11-19-8-2-5-16(19)12-20-17/h13-18H,1-12H2. The predicted octanol–water partition coefficient (Wildman–Crippen LogP) is 2.41. The molecule has 2 aliphatic carbocycles. The number of nitrogens with zero attached hydrogens (tertiary/aromatic N) is 1. The minimum Gasteiger partial charge on any atom is -0.374 e. The van der Waals surface area contributed by atoms with E-state index in [2.05, 4.69) is 10.2 Å². The first-order valence-electron chi connectivity index (χ1n) is 8.97. The van der Waals surface area contributed by atoms with E-state index < -0.39 is 0 Å². The second kappa shape index (κ2) is 5.94. The summed E-state index contributed by atoms with van der Waals surface area (Å²) in [6.45, 7) is 4.52. The minimum absolute atomic E-state index is 0.436. The quantitative estimate of drug-likeness (QED) is 0.854. The highest BCUT2D eigenvalue weighted by atomic mass is 16.5. The molecule has 4 atom stereocenters. The van der Waals surface area contributed by atoms with E-state index in [0.29, 0.717) is 6.10 Å². The highest BCUT2D eigenvalue weighted by molar-refractivity contribution is 4.90. The zero-order valence-corrected chi connectivity index (χ0v) is 12.7. The van der Waals surface area contributed by atoms with Crippen molar-refractivity contribution in [3.63, 3.8) is 0 Å². The first-order chi connectivity index (χ1) is 9.88. The smallest absolute Gasteiger partial charge is 0.0827 e. The molecule has 2 saturated carbocycles. The SMILES string of the molecule is C1CC(NCC2CN3CCCC3CO2)CC(C2CC2)C1. The second-order valence-corrected chi connectivity index (χ2v) is 7.62. The van der Waals surface area contributed by atoms with E-state index in [0.717, 1.165) is 43.6 Å². The molecule has 2 heterocycles. The molecule has 2 saturated heterocycles. The summed E-state index contributed by atoms with van der Waals surface area (Å²) in [5.41, 5.74) is 0. The number of fused-ring (bicyclic) bond motifs is 1. The summed E-state index contributed by atoms with van der Waals surface area (Å²) >= 11 is 0. The molecule has 2 aliphatic heterocycles. The molecule has 0 amide bonds. The molecule has 0 aromatic heterocycles. The highest BCUT2D eigenvalue weighted by Crippen LogP contribution is 2.43. The van der Waals surface area contributed by atoms with Gasteiger partial charge in [0.2, 0.25) is 0 Å². The Hall–Kier alpha value is -0.120. The largest absolute Gasteiger partial charge is 0.374 e. The molecule has 0 aromatic carbocycles. The van der Waals surface area contributed by atoms with Gasteiger partial charge in [-0.2, -0.15) is 0 Å². The normalized spacial score (nSPS) is 42.6. The van der Waals surface area contributed by atoms with Crippen LogP contribution in [0.5, 0.6) is 0 Å². The Balaban J connectivity index is 1.21. The maximum Gasteiger partial charge on any atom is 0.0827 e. The lowest BCUT2D eigenvalue weighted by molar-refractivity contribution is -0.0484. The van der Waals surface area contributed by atoms with Gasteiger partial charge in [0.05, 0.1) is 12.7 Å². The molecular formula is C17H30N2O. The van der Waals surface area contributed by atoms with Crippen LogP contribution in [0.1, 0.15) is 51.4 Å². The maximum absolute atomic E-state index is 6.07. The average Bonchev–Trinajstić information content (AvgIpc) is 3.24. The molecule has 0 radical (unpaired) electrons. The molecular weight excluding hydrogens is 248 g/mol. The highest BCUT2D eigenvalue weighted by Gasteiger charge is 2.35. The third-order valence-electron chi connectivity index (χ3n) is 6.10. The first kappa shape index (κ1) is 13.5. The van der Waals surface area contributed by atoms with Gasteiger partial charge in [-0.1, -0.05) is 12.8 Å². The molecule has 20 heavy (non-hydrogen) atoms. The number of nitrogens with one attached hydrogen (secondary N) is 1. The van der Waals surface area contributed by atoms with Gasteiger partial charge in [0.25, 0.3) is 0 Å². The number of morpholine rings is 1. The summed E-state index contributed by atoms with van der Waals surface area (Å²) in [5, 5.41) is 3.83. The van der Waals surface area contributed by atoms with Crippen LogP contribution in [0.15, 0.2) is 0 Å². The fraction of sp³-hybridized carbons (Fsp3) is 1.00. The van der Waals surface area contributed by atoms with Crippen molar-refractivity contribution in [2.75, 3.05) is 26.2 Å². The van der Waals surface area contributed by atoms with Gasteiger partial charge in [0.15, 0.2) is 0 Å². The van der Waals surface area contributed by atoms with E-state index in [1.165, 1.54) is 57.9 Å². The zero-order valence-electron chi connectivity index (χ0n) is 12.7. The zero-order chi connectivity index (χ0) is 13.4. The topological polar surface area (TPSA) is 24.5 Å². The van der Waals surface area contributed by atoms with E-state index in [1.54, 1.807) is 0 Å². The van der Waals surface area contributed by atoms with Gasteiger partial charge in [-0.15, -0.1) is 0 Å². The lowest BCUT2D eigenvalue weighted by Crippen LogP contribution is -2.51. The summed E-state index contributed by atoms with van der Waals surface area (Å²) in [7, 11) is 0. The molecule has 4 unspecified atom stereocenters. The summed E-state index contributed by atoms with van der Waals surface area (Å²) in [6.07, 6.45) is 12.0. The van der Waals surface area contributed by atoms with Gasteiger partial charge in [-0.05, 0) is 56.9 Å². The van der Waals surface area contributed by atoms with E-state index in [1.807, 2.05) is 0 Å². The molecule has 4 aliphatic rings. The van der Waals surface area contributed by atoms with Gasteiger partial charge >= 0.3 is 0 Å². The van der Waals surface area contributed by atoms with Crippen molar-refractivity contribution in [1.82, 2.24) is 10.2 Å². The summed E-state index contributed by atoms with van der Waals surface area (Å²) in [4.78, 5) is 2.66. The maximum atomic E-state index is 6.07. The molecule has 4 fully saturated rings. The first-order valence-corrected chi connectivity index (χ1v) is 8.97. The van der Waals surface area contributed by atoms with Crippen LogP contribution >= 0.6 is 0 Å². The number of ether oxygens (including phenoxy) is 1. The third kappa shape index (κ3) is 3.05. The minimum atomic E-state index is 0.436. The van der Waals surface area contributed by atoms with Crippen LogP contribution in [0, 0.1) is 11.8 Å². The van der Waals surface area contributed by atoms with Crippen LogP contribution < -0.4 is 5.32 Å². The van der Waals surface area contributed by atoms with Gasteiger partial charge in [0, 0.05) is 25.2 Å². The average molecular weight is 278 g/mol. The van der Waals surface area contributed by atoms with Crippen LogP contribution in [0.4, 0.5) is 0 Å². The number of rotatable bonds is 4. The van der Waals surface area contributed by atoms with Crippen LogP contribution in [-0.4, -0.2) is 49.3 Å². The van der Waals surface area contributed by atoms with Crippen molar-refractivity contribution < 1.29 is 4.74 Å². The van der Waals surface area contributed by atoms with Crippen molar-refractivity contribution >= 4 is 0 Å². The Morgan fingerprint density at radius 1 is 1.00 bits per heavy atom. The monoisotopic (exact) mass is 278 g/mol. The Labute approximate surface area is 123 Å². The summed E-state index contributed by atoms with van der Waals surface area (Å²) in [6, 6.07) is 1.51. The predicted molar refractivity (Wildman–Crippen MR) is 80.8 cm³/mol. The van der Waals surface area contributed by atoms with Gasteiger partial charge in [-0.3, -0.25) is 4.90 Å². The lowest BCUT2D eigenvalue weighted by Gasteiger charge is -2.37. The van der Waals surface area contributed by atoms with Gasteiger partial charge < -0.3 is 10.1 Å². The van der Waals surface area contributed by atoms with Crippen LogP contribution in [0.3, 0.4) is 0 Å². The van der Waals surface area contributed by atoms with E-state index in [4.69, 9.17) is 4.74 Å². The molecule has 3 heteroatoms. The fourth-order valence-electron chi connectivity index (χ4n) is 4.72. The Kier molecular flexibility index (Phi) is 4.02. The Morgan fingerprint density at radius 3 is 2.85 bits per heavy atom. The van der Waals surface area contributed by atoms with Crippen molar-refractivity contribution in [3.8, 4) is 0 Å². The molecule has 0 bridgehead atoms. The molecule has 4 rings (SSSR count). The van der Waals surface area contributed by atoms with Gasteiger partial charge in [0.1, 0.15) is 0 Å². The number of hydrogen-bond donors (Lipinski definition) is 1. The molecule has 114 valence electrons. The van der Waals surface area contributed by atoms with Crippen LogP contribution in [0.2, 0.25) is 0 Å². The molecule has 0 aromatic rings. The van der Waals surface area contributed by atoms with Crippen molar-refractivity contribution in [3.05, 3.63) is 0 Å². The van der Waals surface area contributed by atoms with Crippen molar-refractivity contribution in [1.29, 1.82) is 0 Å². The number of hydrogen-bond acceptors (Lipinski definition) is 3. The Bertz CT molecular complexity index is 325.